The van der Waals surface area contributed by atoms with Gasteiger partial charge in [-0.15, -0.1) is 6.58 Å². The minimum Gasteiger partial charge on any atom is -0.490 e. The van der Waals surface area contributed by atoms with Crippen molar-refractivity contribution >= 4 is 57.6 Å². The van der Waals surface area contributed by atoms with Crippen LogP contribution >= 0.6 is 35.6 Å². The molecule has 1 aliphatic rings. The van der Waals surface area contributed by atoms with Crippen LogP contribution in [-0.2, 0) is 11.2 Å². The van der Waals surface area contributed by atoms with E-state index in [0.29, 0.717) is 38.8 Å². The summed E-state index contributed by atoms with van der Waals surface area (Å²) in [6.07, 6.45) is 4.35. The molecular weight excluding hydrogens is 486 g/mol. The Morgan fingerprint density at radius 2 is 1.68 bits per heavy atom. The highest BCUT2D eigenvalue weighted by Crippen LogP contribution is 2.37. The molecule has 0 aliphatic carbocycles. The standard InChI is InChI=1S/C27H22ClNO3S2/c1-2-8-19-9-6-7-12-23(19)31-15-16-32-24-14-13-21(28)17-20(24)18-25-26(30)29(27(33)34-25)22-10-4-3-5-11-22/h2-7,9-14,17-18H,1,8,15-16H2/b25-18-. The van der Waals surface area contributed by atoms with Gasteiger partial charge in [0.15, 0.2) is 4.32 Å². The van der Waals surface area contributed by atoms with Gasteiger partial charge in [0.2, 0.25) is 0 Å². The molecule has 0 aromatic heterocycles. The molecule has 1 aliphatic heterocycles. The number of thiocarbonyl (C=S) groups is 1. The van der Waals surface area contributed by atoms with Crippen LogP contribution < -0.4 is 14.4 Å². The van der Waals surface area contributed by atoms with E-state index < -0.39 is 0 Å². The fourth-order valence-corrected chi connectivity index (χ4v) is 4.91. The second kappa shape index (κ2) is 11.4. The second-order valence-corrected chi connectivity index (χ2v) is 9.44. The lowest BCUT2D eigenvalue weighted by atomic mass is 10.1. The lowest BCUT2D eigenvalue weighted by Gasteiger charge is -2.14. The van der Waals surface area contributed by atoms with Crippen LogP contribution in [0.15, 0.2) is 90.4 Å². The van der Waals surface area contributed by atoms with Crippen molar-refractivity contribution in [3.63, 3.8) is 0 Å². The molecule has 0 unspecified atom stereocenters. The summed E-state index contributed by atoms with van der Waals surface area (Å²) in [5.74, 6) is 1.25. The topological polar surface area (TPSA) is 38.8 Å². The predicted octanol–water partition coefficient (Wildman–Crippen LogP) is 6.93. The highest BCUT2D eigenvalue weighted by Gasteiger charge is 2.33. The molecule has 1 fully saturated rings. The number of nitrogens with zero attached hydrogens (tertiary/aromatic N) is 1. The number of allylic oxidation sites excluding steroid dienone is 1. The number of halogens is 1. The van der Waals surface area contributed by atoms with Crippen molar-refractivity contribution in [1.29, 1.82) is 0 Å². The first-order valence-electron chi connectivity index (χ1n) is 10.6. The normalized spacial score (nSPS) is 14.5. The van der Waals surface area contributed by atoms with Gasteiger partial charge in [-0.25, -0.2) is 0 Å². The van der Waals surface area contributed by atoms with Crippen molar-refractivity contribution in [2.75, 3.05) is 18.1 Å². The zero-order chi connectivity index (χ0) is 23.9. The molecule has 0 bridgehead atoms. The molecule has 0 saturated carbocycles. The van der Waals surface area contributed by atoms with Crippen LogP contribution in [0.5, 0.6) is 11.5 Å². The van der Waals surface area contributed by atoms with Crippen molar-refractivity contribution in [2.45, 2.75) is 6.42 Å². The lowest BCUT2D eigenvalue weighted by molar-refractivity contribution is -0.113. The lowest BCUT2D eigenvalue weighted by Crippen LogP contribution is -2.27. The van der Waals surface area contributed by atoms with Crippen LogP contribution in [0.4, 0.5) is 5.69 Å². The van der Waals surface area contributed by atoms with E-state index in [-0.39, 0.29) is 5.91 Å². The number of rotatable bonds is 9. The minimum absolute atomic E-state index is 0.172. The summed E-state index contributed by atoms with van der Waals surface area (Å²) < 4.78 is 12.4. The molecule has 0 atom stereocenters. The van der Waals surface area contributed by atoms with Gasteiger partial charge in [0.05, 0.1) is 10.6 Å². The number of carbonyl (C=O) groups excluding carboxylic acids is 1. The van der Waals surface area contributed by atoms with Gasteiger partial charge in [0.1, 0.15) is 24.7 Å². The molecule has 1 heterocycles. The number of para-hydroxylation sites is 2. The van der Waals surface area contributed by atoms with Gasteiger partial charge in [-0.05, 0) is 54.5 Å². The Morgan fingerprint density at radius 3 is 2.44 bits per heavy atom. The second-order valence-electron chi connectivity index (χ2n) is 7.33. The van der Waals surface area contributed by atoms with E-state index in [1.54, 1.807) is 24.3 Å². The number of thioether (sulfide) groups is 1. The van der Waals surface area contributed by atoms with Crippen LogP contribution in [-0.4, -0.2) is 23.4 Å². The number of anilines is 1. The summed E-state index contributed by atoms with van der Waals surface area (Å²) in [5.41, 5.74) is 2.52. The summed E-state index contributed by atoms with van der Waals surface area (Å²) in [7, 11) is 0. The molecule has 3 aromatic rings. The SMILES string of the molecule is C=CCc1ccccc1OCCOc1ccc(Cl)cc1/C=C1\SC(=S)N(c2ccccc2)C1=O. The van der Waals surface area contributed by atoms with Gasteiger partial charge in [-0.2, -0.15) is 0 Å². The Bertz CT molecular complexity index is 1240. The third-order valence-electron chi connectivity index (χ3n) is 5.00. The summed E-state index contributed by atoms with van der Waals surface area (Å²) in [4.78, 5) is 15.1. The quantitative estimate of drug-likeness (QED) is 0.136. The van der Waals surface area contributed by atoms with E-state index in [9.17, 15) is 4.79 Å². The number of ether oxygens (including phenoxy) is 2. The number of hydrogen-bond donors (Lipinski definition) is 0. The van der Waals surface area contributed by atoms with E-state index in [2.05, 4.69) is 6.58 Å². The fourth-order valence-electron chi connectivity index (χ4n) is 3.44. The van der Waals surface area contributed by atoms with E-state index in [0.717, 1.165) is 23.4 Å². The molecule has 0 N–H and O–H groups in total. The molecular formula is C27H22ClNO3S2. The molecule has 34 heavy (non-hydrogen) atoms. The largest absolute Gasteiger partial charge is 0.490 e. The Labute approximate surface area is 213 Å². The molecule has 3 aromatic carbocycles. The molecule has 4 nitrogen and oxygen atoms in total. The molecule has 1 amide bonds. The Hall–Kier alpha value is -3.06. The van der Waals surface area contributed by atoms with Crippen molar-refractivity contribution < 1.29 is 14.3 Å². The zero-order valence-corrected chi connectivity index (χ0v) is 20.7. The van der Waals surface area contributed by atoms with Gasteiger partial charge in [0, 0.05) is 10.6 Å². The minimum atomic E-state index is -0.172. The van der Waals surface area contributed by atoms with Crippen molar-refractivity contribution in [2.24, 2.45) is 0 Å². The highest BCUT2D eigenvalue weighted by atomic mass is 35.5. The average molecular weight is 508 g/mol. The maximum absolute atomic E-state index is 13.1. The van der Waals surface area contributed by atoms with E-state index >= 15 is 0 Å². The first kappa shape index (κ1) is 24.1. The van der Waals surface area contributed by atoms with Gasteiger partial charge < -0.3 is 9.47 Å². The maximum Gasteiger partial charge on any atom is 0.270 e. The summed E-state index contributed by atoms with van der Waals surface area (Å²) in [6, 6.07) is 22.5. The predicted molar refractivity (Wildman–Crippen MR) is 145 cm³/mol. The van der Waals surface area contributed by atoms with Crippen molar-refractivity contribution in [3.05, 3.63) is 107 Å². The van der Waals surface area contributed by atoms with Crippen molar-refractivity contribution in [3.8, 4) is 11.5 Å². The molecule has 4 rings (SSSR count). The Balaban J connectivity index is 1.46. The first-order chi connectivity index (χ1) is 16.6. The molecule has 7 heteroatoms. The summed E-state index contributed by atoms with van der Waals surface area (Å²) in [6.45, 7) is 4.49. The first-order valence-corrected chi connectivity index (χ1v) is 12.2. The average Bonchev–Trinajstić information content (AvgIpc) is 3.12. The van der Waals surface area contributed by atoms with E-state index in [1.165, 1.54) is 16.7 Å². The number of amides is 1. The number of benzene rings is 3. The van der Waals surface area contributed by atoms with Crippen LogP contribution in [0.3, 0.4) is 0 Å². The molecule has 0 spiro atoms. The highest BCUT2D eigenvalue weighted by molar-refractivity contribution is 8.27. The number of hydrogen-bond acceptors (Lipinski definition) is 5. The van der Waals surface area contributed by atoms with Crippen LogP contribution in [0.25, 0.3) is 6.08 Å². The third kappa shape index (κ3) is 5.70. The van der Waals surface area contributed by atoms with E-state index in [4.69, 9.17) is 33.3 Å². The van der Waals surface area contributed by atoms with Gasteiger partial charge >= 0.3 is 0 Å². The summed E-state index contributed by atoms with van der Waals surface area (Å²) >= 11 is 13.0. The summed E-state index contributed by atoms with van der Waals surface area (Å²) in [5, 5.41) is 0.548. The van der Waals surface area contributed by atoms with Crippen LogP contribution in [0, 0.1) is 0 Å². The van der Waals surface area contributed by atoms with Crippen LogP contribution in [0.2, 0.25) is 5.02 Å². The molecule has 1 saturated heterocycles. The zero-order valence-electron chi connectivity index (χ0n) is 18.3. The van der Waals surface area contributed by atoms with E-state index in [1.807, 2.05) is 60.7 Å². The molecule has 172 valence electrons. The Kier molecular flexibility index (Phi) is 8.06. The Morgan fingerprint density at radius 1 is 0.971 bits per heavy atom. The van der Waals surface area contributed by atoms with Gasteiger partial charge in [-0.1, -0.05) is 78.1 Å². The maximum atomic E-state index is 13.1. The third-order valence-corrected chi connectivity index (χ3v) is 6.54. The van der Waals surface area contributed by atoms with Gasteiger partial charge in [0.25, 0.3) is 5.91 Å². The van der Waals surface area contributed by atoms with Crippen LogP contribution in [0.1, 0.15) is 11.1 Å². The molecule has 0 radical (unpaired) electrons. The number of carbonyl (C=O) groups is 1. The smallest absolute Gasteiger partial charge is 0.270 e. The van der Waals surface area contributed by atoms with Crippen molar-refractivity contribution in [1.82, 2.24) is 0 Å². The van der Waals surface area contributed by atoms with Gasteiger partial charge in [-0.3, -0.25) is 9.69 Å². The monoisotopic (exact) mass is 507 g/mol. The fraction of sp³-hybridized carbons (Fsp3) is 0.111.